The summed E-state index contributed by atoms with van der Waals surface area (Å²) >= 11 is 0. The van der Waals surface area contributed by atoms with Crippen molar-refractivity contribution in [1.29, 1.82) is 0 Å². The molecule has 4 nitrogen and oxygen atoms in total. The number of nitrogens with two attached hydrogens (primary N) is 1. The van der Waals surface area contributed by atoms with Crippen molar-refractivity contribution in [1.82, 2.24) is 0 Å². The molecule has 116 valence electrons. The lowest BCUT2D eigenvalue weighted by Gasteiger charge is -2.36. The molecular formula is C17H27N3O. The van der Waals surface area contributed by atoms with Gasteiger partial charge in [-0.2, -0.15) is 0 Å². The Labute approximate surface area is 127 Å². The lowest BCUT2D eigenvalue weighted by molar-refractivity contribution is -0.123. The Morgan fingerprint density at radius 2 is 2.05 bits per heavy atom. The average molecular weight is 289 g/mol. The van der Waals surface area contributed by atoms with Crippen molar-refractivity contribution in [3.05, 3.63) is 18.2 Å². The molecule has 4 heteroatoms. The zero-order chi connectivity index (χ0) is 15.6. The number of nitrogen functional groups attached to an aromatic ring is 1. The van der Waals surface area contributed by atoms with E-state index in [2.05, 4.69) is 17.1 Å². The molecule has 1 heterocycles. The molecule has 0 aliphatic carbocycles. The Kier molecular flexibility index (Phi) is 4.45. The van der Waals surface area contributed by atoms with Gasteiger partial charge in [0, 0.05) is 23.7 Å². The molecule has 1 atom stereocenters. The summed E-state index contributed by atoms with van der Waals surface area (Å²) in [6, 6.07) is 6.35. The monoisotopic (exact) mass is 289 g/mol. The van der Waals surface area contributed by atoms with Crippen molar-refractivity contribution in [3.8, 4) is 0 Å². The Bertz CT molecular complexity index is 519. The second kappa shape index (κ2) is 5.96. The Balaban J connectivity index is 2.16. The first kappa shape index (κ1) is 15.7. The molecule has 21 heavy (non-hydrogen) atoms. The number of hydrogen-bond acceptors (Lipinski definition) is 3. The summed E-state index contributed by atoms with van der Waals surface area (Å²) in [5, 5.41) is 2.93. The summed E-state index contributed by atoms with van der Waals surface area (Å²) in [7, 11) is 0. The first-order valence-corrected chi connectivity index (χ1v) is 7.76. The van der Waals surface area contributed by atoms with Crippen LogP contribution in [0, 0.1) is 5.41 Å². The Hall–Kier alpha value is -1.71. The standard InChI is InChI=1S/C17H27N3O/c1-12-7-5-6-10-20(12)15-9-8-13(11-14(15)18)19-16(21)17(2,3)4/h8-9,11-12H,5-7,10,18H2,1-4H3,(H,19,21)/t12-/m1/s1. The summed E-state index contributed by atoms with van der Waals surface area (Å²) in [6.07, 6.45) is 3.71. The number of nitrogens with zero attached hydrogens (tertiary/aromatic N) is 1. The zero-order valence-corrected chi connectivity index (χ0v) is 13.6. The van der Waals surface area contributed by atoms with Gasteiger partial charge in [-0.3, -0.25) is 4.79 Å². The van der Waals surface area contributed by atoms with Crippen molar-refractivity contribution < 1.29 is 4.79 Å². The molecule has 1 saturated heterocycles. The number of piperidine rings is 1. The van der Waals surface area contributed by atoms with Gasteiger partial charge in [0.1, 0.15) is 0 Å². The maximum atomic E-state index is 12.0. The second-order valence-corrected chi connectivity index (χ2v) is 7.02. The molecule has 3 N–H and O–H groups in total. The van der Waals surface area contributed by atoms with Gasteiger partial charge in [-0.1, -0.05) is 20.8 Å². The fourth-order valence-corrected chi connectivity index (χ4v) is 2.67. The molecule has 0 bridgehead atoms. The van der Waals surface area contributed by atoms with Gasteiger partial charge in [-0.15, -0.1) is 0 Å². The molecule has 0 unspecified atom stereocenters. The highest BCUT2D eigenvalue weighted by molar-refractivity contribution is 5.95. The van der Waals surface area contributed by atoms with Crippen molar-refractivity contribution >= 4 is 23.0 Å². The van der Waals surface area contributed by atoms with E-state index in [9.17, 15) is 4.79 Å². The molecule has 0 spiro atoms. The third kappa shape index (κ3) is 3.69. The van der Waals surface area contributed by atoms with Gasteiger partial charge in [-0.25, -0.2) is 0 Å². The molecule has 0 saturated carbocycles. The van der Waals surface area contributed by atoms with E-state index in [1.54, 1.807) is 0 Å². The van der Waals surface area contributed by atoms with E-state index in [0.29, 0.717) is 6.04 Å². The summed E-state index contributed by atoms with van der Waals surface area (Å²) < 4.78 is 0. The summed E-state index contributed by atoms with van der Waals surface area (Å²) in [5.41, 5.74) is 8.37. The molecule has 0 radical (unpaired) electrons. The van der Waals surface area contributed by atoms with E-state index < -0.39 is 5.41 Å². The van der Waals surface area contributed by atoms with E-state index in [1.165, 1.54) is 19.3 Å². The van der Waals surface area contributed by atoms with Gasteiger partial charge in [-0.05, 0) is 44.4 Å². The van der Waals surface area contributed by atoms with Crippen molar-refractivity contribution in [3.63, 3.8) is 0 Å². The van der Waals surface area contributed by atoms with Crippen molar-refractivity contribution in [2.45, 2.75) is 53.0 Å². The molecule has 0 aromatic heterocycles. The molecule has 1 aromatic carbocycles. The SMILES string of the molecule is C[C@@H]1CCCCN1c1ccc(NC(=O)C(C)(C)C)cc1N. The zero-order valence-electron chi connectivity index (χ0n) is 13.6. The van der Waals surface area contributed by atoms with Crippen LogP contribution in [0.4, 0.5) is 17.1 Å². The van der Waals surface area contributed by atoms with Gasteiger partial charge in [0.2, 0.25) is 5.91 Å². The van der Waals surface area contributed by atoms with E-state index >= 15 is 0 Å². The molecular weight excluding hydrogens is 262 g/mol. The predicted octanol–water partition coefficient (Wildman–Crippen LogP) is 3.63. The number of carbonyl (C=O) groups excluding carboxylic acids is 1. The highest BCUT2D eigenvalue weighted by Gasteiger charge is 2.23. The van der Waals surface area contributed by atoms with E-state index in [-0.39, 0.29) is 5.91 Å². The van der Waals surface area contributed by atoms with Gasteiger partial charge in [0.15, 0.2) is 0 Å². The molecule has 1 aliphatic rings. The van der Waals surface area contributed by atoms with Gasteiger partial charge in [0.25, 0.3) is 0 Å². The highest BCUT2D eigenvalue weighted by atomic mass is 16.2. The molecule has 1 aromatic rings. The Morgan fingerprint density at radius 1 is 1.33 bits per heavy atom. The normalized spacial score (nSPS) is 19.4. The number of amides is 1. The first-order chi connectivity index (χ1) is 9.79. The fourth-order valence-electron chi connectivity index (χ4n) is 2.67. The minimum atomic E-state index is -0.408. The van der Waals surface area contributed by atoms with Gasteiger partial charge < -0.3 is 16.0 Å². The first-order valence-electron chi connectivity index (χ1n) is 7.76. The molecule has 2 rings (SSSR count). The van der Waals surface area contributed by atoms with Crippen LogP contribution in [0.3, 0.4) is 0 Å². The fraction of sp³-hybridized carbons (Fsp3) is 0.588. The minimum Gasteiger partial charge on any atom is -0.397 e. The number of hydrogen-bond donors (Lipinski definition) is 2. The lowest BCUT2D eigenvalue weighted by atomic mass is 9.95. The maximum absolute atomic E-state index is 12.0. The van der Waals surface area contributed by atoms with E-state index in [1.807, 2.05) is 39.0 Å². The van der Waals surface area contributed by atoms with E-state index in [4.69, 9.17) is 5.73 Å². The lowest BCUT2D eigenvalue weighted by Crippen LogP contribution is -2.37. The Morgan fingerprint density at radius 3 is 2.62 bits per heavy atom. The minimum absolute atomic E-state index is 0.000917. The third-order valence-electron chi connectivity index (χ3n) is 4.08. The van der Waals surface area contributed by atoms with Crippen molar-refractivity contribution in [2.24, 2.45) is 5.41 Å². The van der Waals surface area contributed by atoms with Crippen LogP contribution in [0.5, 0.6) is 0 Å². The number of rotatable bonds is 2. The average Bonchev–Trinajstić information content (AvgIpc) is 2.39. The van der Waals surface area contributed by atoms with Crippen LogP contribution in [0.1, 0.15) is 47.0 Å². The van der Waals surface area contributed by atoms with Crippen LogP contribution in [-0.2, 0) is 4.79 Å². The summed E-state index contributed by atoms with van der Waals surface area (Å²) in [6.45, 7) is 8.99. The molecule has 1 amide bonds. The third-order valence-corrected chi connectivity index (χ3v) is 4.08. The van der Waals surface area contributed by atoms with Gasteiger partial charge >= 0.3 is 0 Å². The quantitative estimate of drug-likeness (QED) is 0.817. The number of carbonyl (C=O) groups is 1. The highest BCUT2D eigenvalue weighted by Crippen LogP contribution is 2.32. The van der Waals surface area contributed by atoms with Crippen LogP contribution in [0.25, 0.3) is 0 Å². The number of benzene rings is 1. The summed E-state index contributed by atoms with van der Waals surface area (Å²) in [5.74, 6) is 0.000917. The summed E-state index contributed by atoms with van der Waals surface area (Å²) in [4.78, 5) is 14.4. The topological polar surface area (TPSA) is 58.4 Å². The van der Waals surface area contributed by atoms with Crippen LogP contribution < -0.4 is 16.0 Å². The number of anilines is 3. The smallest absolute Gasteiger partial charge is 0.229 e. The second-order valence-electron chi connectivity index (χ2n) is 7.02. The van der Waals surface area contributed by atoms with Crippen molar-refractivity contribution in [2.75, 3.05) is 22.5 Å². The van der Waals surface area contributed by atoms with Crippen LogP contribution in [0.15, 0.2) is 18.2 Å². The van der Waals surface area contributed by atoms with Crippen LogP contribution >= 0.6 is 0 Å². The number of nitrogens with one attached hydrogen (secondary N) is 1. The van der Waals surface area contributed by atoms with E-state index in [0.717, 1.165) is 23.6 Å². The van der Waals surface area contributed by atoms with Gasteiger partial charge in [0.05, 0.1) is 11.4 Å². The maximum Gasteiger partial charge on any atom is 0.229 e. The van der Waals surface area contributed by atoms with Crippen LogP contribution in [0.2, 0.25) is 0 Å². The largest absolute Gasteiger partial charge is 0.397 e. The predicted molar refractivity (Wildman–Crippen MR) is 89.6 cm³/mol. The molecule has 1 aliphatic heterocycles. The molecule has 1 fully saturated rings. The van der Waals surface area contributed by atoms with Crippen LogP contribution in [-0.4, -0.2) is 18.5 Å².